The summed E-state index contributed by atoms with van der Waals surface area (Å²) < 4.78 is 5.09. The van der Waals surface area contributed by atoms with Crippen LogP contribution in [0.15, 0.2) is 60.7 Å². The van der Waals surface area contributed by atoms with E-state index in [1.165, 1.54) is 0 Å². The van der Waals surface area contributed by atoms with Gasteiger partial charge in [-0.15, -0.1) is 0 Å². The minimum atomic E-state index is -0.931. The predicted octanol–water partition coefficient (Wildman–Crippen LogP) is 5.44. The third-order valence-corrected chi connectivity index (χ3v) is 5.74. The Morgan fingerprint density at radius 2 is 1.84 bits per heavy atom. The zero-order chi connectivity index (χ0) is 23.1. The van der Waals surface area contributed by atoms with E-state index in [1.807, 2.05) is 50.2 Å². The first-order valence-corrected chi connectivity index (χ1v) is 10.8. The number of hydrogen-bond acceptors (Lipinski definition) is 4. The molecule has 6 heteroatoms. The molecule has 0 spiro atoms. The van der Waals surface area contributed by atoms with Crippen LogP contribution in [0.2, 0.25) is 5.02 Å². The van der Waals surface area contributed by atoms with E-state index < -0.39 is 12.2 Å². The molecule has 3 aromatic carbocycles. The van der Waals surface area contributed by atoms with Crippen LogP contribution in [0.5, 0.6) is 0 Å². The minimum Gasteiger partial charge on any atom is -0.446 e. The molecule has 0 heterocycles. The second-order valence-electron chi connectivity index (χ2n) is 7.61. The molecule has 0 radical (unpaired) electrons. The summed E-state index contributed by atoms with van der Waals surface area (Å²) in [6, 6.07) is 18.7. The van der Waals surface area contributed by atoms with Crippen molar-refractivity contribution >= 4 is 24.0 Å². The molecule has 0 unspecified atom stereocenters. The average molecular weight is 452 g/mol. The number of carbonyl (C=O) groups excluding carboxylic acids is 2. The zero-order valence-corrected chi connectivity index (χ0v) is 18.9. The van der Waals surface area contributed by atoms with Gasteiger partial charge in [-0.25, -0.2) is 4.79 Å². The van der Waals surface area contributed by atoms with E-state index in [0.29, 0.717) is 29.1 Å². The fraction of sp³-hybridized carbons (Fsp3) is 0.231. The van der Waals surface area contributed by atoms with Crippen LogP contribution in [-0.4, -0.2) is 30.6 Å². The molecule has 2 N–H and O–H groups in total. The summed E-state index contributed by atoms with van der Waals surface area (Å²) >= 11 is 5.91. The summed E-state index contributed by atoms with van der Waals surface area (Å²) in [6.45, 7) is 4.24. The van der Waals surface area contributed by atoms with E-state index >= 15 is 0 Å². The number of alkyl carbamates (subject to hydrolysis) is 1. The summed E-state index contributed by atoms with van der Waals surface area (Å²) in [4.78, 5) is 23.0. The van der Waals surface area contributed by atoms with Gasteiger partial charge in [0.15, 0.2) is 0 Å². The van der Waals surface area contributed by atoms with Gasteiger partial charge in [-0.2, -0.15) is 0 Å². The van der Waals surface area contributed by atoms with Crippen molar-refractivity contribution in [3.05, 3.63) is 93.5 Å². The van der Waals surface area contributed by atoms with E-state index in [0.717, 1.165) is 34.1 Å². The fourth-order valence-corrected chi connectivity index (χ4v) is 3.66. The van der Waals surface area contributed by atoms with Crippen molar-refractivity contribution in [3.63, 3.8) is 0 Å². The van der Waals surface area contributed by atoms with Crippen molar-refractivity contribution in [2.45, 2.75) is 26.4 Å². The highest BCUT2D eigenvalue weighted by atomic mass is 35.5. The first-order valence-electron chi connectivity index (χ1n) is 10.4. The van der Waals surface area contributed by atoms with Crippen molar-refractivity contribution < 1.29 is 19.4 Å². The van der Waals surface area contributed by atoms with Gasteiger partial charge in [-0.1, -0.05) is 60.1 Å². The van der Waals surface area contributed by atoms with Crippen molar-refractivity contribution in [3.8, 4) is 11.1 Å². The molecule has 0 aliphatic rings. The topological polar surface area (TPSA) is 75.6 Å². The average Bonchev–Trinajstić information content (AvgIpc) is 2.80. The Morgan fingerprint density at radius 1 is 1.09 bits per heavy atom. The maximum absolute atomic E-state index is 11.9. The Labute approximate surface area is 193 Å². The Bertz CT molecular complexity index is 1100. The van der Waals surface area contributed by atoms with Crippen molar-refractivity contribution in [2.24, 2.45) is 0 Å². The van der Waals surface area contributed by atoms with Crippen LogP contribution in [0.25, 0.3) is 11.1 Å². The number of rotatable bonds is 8. The molecule has 0 bridgehead atoms. The van der Waals surface area contributed by atoms with E-state index in [-0.39, 0.29) is 6.61 Å². The highest BCUT2D eigenvalue weighted by Gasteiger charge is 2.12. The van der Waals surface area contributed by atoms with Gasteiger partial charge >= 0.3 is 6.09 Å². The molecular weight excluding hydrogens is 426 g/mol. The van der Waals surface area contributed by atoms with E-state index in [1.54, 1.807) is 24.3 Å². The molecule has 1 amide bonds. The molecule has 5 nitrogen and oxygen atoms in total. The van der Waals surface area contributed by atoms with E-state index in [4.69, 9.17) is 16.3 Å². The molecule has 0 saturated heterocycles. The molecule has 32 heavy (non-hydrogen) atoms. The van der Waals surface area contributed by atoms with Gasteiger partial charge < -0.3 is 15.2 Å². The number of hydrogen-bond donors (Lipinski definition) is 2. The van der Waals surface area contributed by atoms with Crippen LogP contribution in [-0.2, 0) is 11.2 Å². The smallest absolute Gasteiger partial charge is 0.407 e. The maximum atomic E-state index is 11.9. The van der Waals surface area contributed by atoms with E-state index in [2.05, 4.69) is 5.32 Å². The number of aldehydes is 1. The van der Waals surface area contributed by atoms with Crippen LogP contribution in [0.4, 0.5) is 4.79 Å². The molecule has 0 saturated carbocycles. The van der Waals surface area contributed by atoms with Crippen LogP contribution >= 0.6 is 11.6 Å². The lowest BCUT2D eigenvalue weighted by Gasteiger charge is -2.13. The molecular formula is C26H26ClNO4. The van der Waals surface area contributed by atoms with Crippen LogP contribution < -0.4 is 5.32 Å². The van der Waals surface area contributed by atoms with Crippen molar-refractivity contribution in [1.29, 1.82) is 0 Å². The molecule has 3 aromatic rings. The summed E-state index contributed by atoms with van der Waals surface area (Å²) in [5, 5.41) is 13.3. The van der Waals surface area contributed by atoms with E-state index in [9.17, 15) is 14.7 Å². The number of aliphatic hydroxyl groups excluding tert-OH is 1. The summed E-state index contributed by atoms with van der Waals surface area (Å²) in [7, 11) is 0. The number of ether oxygens (including phenoxy) is 1. The zero-order valence-electron chi connectivity index (χ0n) is 18.1. The lowest BCUT2D eigenvalue weighted by molar-refractivity contribution is 0.0682. The number of nitrogens with one attached hydrogen (secondary N) is 1. The molecule has 0 aliphatic heterocycles. The number of carbonyl (C=O) groups is 2. The standard InChI is InChI=1S/C26H26ClNO4/c1-17-18(2)24(11-10-22(17)15-29)20-8-6-19(7-9-20)12-13-28-26(31)32-16-25(30)21-4-3-5-23(27)14-21/h3-11,14-15,25,30H,12-13,16H2,1-2H3,(H,28,31)/t25-/m0/s1. The van der Waals surface area contributed by atoms with Crippen LogP contribution in [0.1, 0.15) is 38.7 Å². The molecule has 1 atom stereocenters. The molecule has 3 rings (SSSR count). The first-order chi connectivity index (χ1) is 15.4. The Hall–Kier alpha value is -3.15. The van der Waals surface area contributed by atoms with Gasteiger partial charge in [-0.3, -0.25) is 4.79 Å². The lowest BCUT2D eigenvalue weighted by Crippen LogP contribution is -2.28. The maximum Gasteiger partial charge on any atom is 0.407 e. The second-order valence-corrected chi connectivity index (χ2v) is 8.05. The summed E-state index contributed by atoms with van der Waals surface area (Å²) in [5.74, 6) is 0. The third-order valence-electron chi connectivity index (χ3n) is 5.51. The third kappa shape index (κ3) is 5.96. The normalized spacial score (nSPS) is 11.6. The predicted molar refractivity (Wildman–Crippen MR) is 126 cm³/mol. The first kappa shape index (κ1) is 23.5. The Morgan fingerprint density at radius 3 is 2.53 bits per heavy atom. The lowest BCUT2D eigenvalue weighted by atomic mass is 9.93. The monoisotopic (exact) mass is 451 g/mol. The van der Waals surface area contributed by atoms with Gasteiger partial charge in [-0.05, 0) is 65.8 Å². The number of halogens is 1. The Balaban J connectivity index is 1.48. The van der Waals surface area contributed by atoms with Crippen LogP contribution in [0, 0.1) is 13.8 Å². The second kappa shape index (κ2) is 10.9. The fourth-order valence-electron chi connectivity index (χ4n) is 3.46. The van der Waals surface area contributed by atoms with Gasteiger partial charge in [0.05, 0.1) is 0 Å². The molecule has 0 aromatic heterocycles. The van der Waals surface area contributed by atoms with Gasteiger partial charge in [0.1, 0.15) is 19.0 Å². The molecule has 0 fully saturated rings. The largest absolute Gasteiger partial charge is 0.446 e. The van der Waals surface area contributed by atoms with Crippen molar-refractivity contribution in [1.82, 2.24) is 5.32 Å². The summed E-state index contributed by atoms with van der Waals surface area (Å²) in [6.07, 6.45) is 0.0169. The van der Waals surface area contributed by atoms with Crippen LogP contribution in [0.3, 0.4) is 0 Å². The quantitative estimate of drug-likeness (QED) is 0.447. The van der Waals surface area contributed by atoms with Gasteiger partial charge in [0.25, 0.3) is 0 Å². The number of benzene rings is 3. The minimum absolute atomic E-state index is 0.150. The van der Waals surface area contributed by atoms with Gasteiger partial charge in [0.2, 0.25) is 0 Å². The number of aliphatic hydroxyl groups is 1. The van der Waals surface area contributed by atoms with Crippen molar-refractivity contribution in [2.75, 3.05) is 13.2 Å². The molecule has 0 aliphatic carbocycles. The number of amides is 1. The highest BCUT2D eigenvalue weighted by molar-refractivity contribution is 6.30. The molecule has 166 valence electrons. The Kier molecular flexibility index (Phi) is 8.03. The SMILES string of the molecule is Cc1c(C=O)ccc(-c2ccc(CCNC(=O)OC[C@H](O)c3cccc(Cl)c3)cc2)c1C. The highest BCUT2D eigenvalue weighted by Crippen LogP contribution is 2.27. The van der Waals surface area contributed by atoms with Gasteiger partial charge in [0, 0.05) is 17.1 Å². The summed E-state index contributed by atoms with van der Waals surface area (Å²) in [5.41, 5.74) is 6.63.